The van der Waals surface area contributed by atoms with Gasteiger partial charge in [-0.05, 0) is 74.6 Å². The highest BCUT2D eigenvalue weighted by atomic mass is 16.5. The summed E-state index contributed by atoms with van der Waals surface area (Å²) in [5, 5.41) is 10.4. The van der Waals surface area contributed by atoms with E-state index in [-0.39, 0.29) is 36.1 Å². The number of aliphatic hydroxyl groups is 1. The van der Waals surface area contributed by atoms with Gasteiger partial charge >= 0.3 is 5.97 Å². The monoisotopic (exact) mass is 441 g/mol. The standard InChI is InChI=1S/C27H39NO4/c1-17-9-11-23(28-16-17)13-19(3)25-15-22-14-21(22)7-5-6-8-24(29)20(4)27(31)18(2)10-12-26(30)32-25/h9,11,13,16,18,20-22,24-25,29H,5-8,10,12,14-15H2,1-4H3/b19-13+/t18?,20-,21?,22?,24?,25-/m1/s1. The lowest BCUT2D eigenvalue weighted by Crippen LogP contribution is -2.30. The topological polar surface area (TPSA) is 76.5 Å². The smallest absolute Gasteiger partial charge is 0.306 e. The van der Waals surface area contributed by atoms with Crippen molar-refractivity contribution in [3.05, 3.63) is 35.2 Å². The summed E-state index contributed by atoms with van der Waals surface area (Å²) in [6.45, 7) is 7.69. The van der Waals surface area contributed by atoms with Gasteiger partial charge in [0.25, 0.3) is 0 Å². The number of aryl methyl sites for hydroxylation is 1. The number of hydrogen-bond acceptors (Lipinski definition) is 5. The molecule has 0 aromatic carbocycles. The molecule has 1 saturated carbocycles. The normalized spacial score (nSPS) is 33.3. The highest BCUT2D eigenvalue weighted by Crippen LogP contribution is 2.46. The SMILES string of the molecule is C/C(=C\c1ccc(C)cn1)[C@H]1CC2CC2CCCCC(O)[C@@H](C)C(=O)C(C)CCC(=O)O1. The van der Waals surface area contributed by atoms with Gasteiger partial charge in [0.15, 0.2) is 0 Å². The van der Waals surface area contributed by atoms with Crippen LogP contribution >= 0.6 is 0 Å². The lowest BCUT2D eigenvalue weighted by Gasteiger charge is -2.23. The van der Waals surface area contributed by atoms with E-state index < -0.39 is 6.10 Å². The van der Waals surface area contributed by atoms with Crippen molar-refractivity contribution in [2.45, 2.75) is 91.3 Å². The Labute approximate surface area is 192 Å². The van der Waals surface area contributed by atoms with Crippen LogP contribution in [0, 0.1) is 30.6 Å². The zero-order valence-corrected chi connectivity index (χ0v) is 20.0. The number of hydrogen-bond donors (Lipinski definition) is 1. The summed E-state index contributed by atoms with van der Waals surface area (Å²) < 4.78 is 5.94. The molecule has 32 heavy (non-hydrogen) atoms. The second kappa shape index (κ2) is 11.2. The van der Waals surface area contributed by atoms with Crippen molar-refractivity contribution >= 4 is 17.8 Å². The summed E-state index contributed by atoms with van der Waals surface area (Å²) >= 11 is 0. The number of Topliss-reactive ketones (excluding diaryl/α,β-unsaturated/α-hetero) is 1. The van der Waals surface area contributed by atoms with Crippen LogP contribution in [0.2, 0.25) is 0 Å². The third-order valence-corrected chi connectivity index (χ3v) is 7.30. The third-order valence-electron chi connectivity index (χ3n) is 7.30. The molecule has 1 aromatic rings. The van der Waals surface area contributed by atoms with Gasteiger partial charge in [0.1, 0.15) is 11.9 Å². The predicted octanol–water partition coefficient (Wildman–Crippen LogP) is 5.29. The Morgan fingerprint density at radius 3 is 2.56 bits per heavy atom. The second-order valence-corrected chi connectivity index (χ2v) is 10.1. The molecule has 2 heterocycles. The van der Waals surface area contributed by atoms with Crippen molar-refractivity contribution in [3.8, 4) is 0 Å². The fourth-order valence-electron chi connectivity index (χ4n) is 4.79. The number of fused-ring (bicyclic) bond motifs is 1. The van der Waals surface area contributed by atoms with Gasteiger partial charge < -0.3 is 9.84 Å². The molecule has 2 fully saturated rings. The average Bonchev–Trinajstić information content (AvgIpc) is 3.51. The second-order valence-electron chi connectivity index (χ2n) is 10.1. The van der Waals surface area contributed by atoms with Gasteiger partial charge in [0.05, 0.1) is 11.8 Å². The molecular weight excluding hydrogens is 402 g/mol. The van der Waals surface area contributed by atoms with E-state index in [1.807, 2.05) is 52.1 Å². The first-order chi connectivity index (χ1) is 15.2. The Kier molecular flexibility index (Phi) is 8.64. The molecule has 6 atom stereocenters. The molecule has 2 aliphatic rings. The number of aliphatic hydroxyl groups excluding tert-OH is 1. The molecule has 1 saturated heterocycles. The van der Waals surface area contributed by atoms with Crippen LogP contribution in [0.15, 0.2) is 23.9 Å². The lowest BCUT2D eigenvalue weighted by molar-refractivity contribution is -0.148. The van der Waals surface area contributed by atoms with E-state index in [0.29, 0.717) is 24.7 Å². The number of rotatable bonds is 2. The number of aromatic nitrogens is 1. The first kappa shape index (κ1) is 24.6. The largest absolute Gasteiger partial charge is 0.458 e. The molecule has 3 rings (SSSR count). The molecule has 1 aromatic heterocycles. The quantitative estimate of drug-likeness (QED) is 0.631. The lowest BCUT2D eigenvalue weighted by atomic mass is 9.86. The molecule has 0 spiro atoms. The van der Waals surface area contributed by atoms with Gasteiger partial charge in [-0.2, -0.15) is 0 Å². The maximum atomic E-state index is 12.7. The zero-order chi connectivity index (χ0) is 23.3. The fourth-order valence-corrected chi connectivity index (χ4v) is 4.79. The van der Waals surface area contributed by atoms with Gasteiger partial charge in [0, 0.05) is 24.5 Å². The molecule has 1 aliphatic carbocycles. The summed E-state index contributed by atoms with van der Waals surface area (Å²) in [5.41, 5.74) is 3.00. The van der Waals surface area contributed by atoms with Crippen molar-refractivity contribution in [2.24, 2.45) is 23.7 Å². The Hall–Kier alpha value is -2.01. The summed E-state index contributed by atoms with van der Waals surface area (Å²) in [7, 11) is 0. The molecule has 5 nitrogen and oxygen atoms in total. The van der Waals surface area contributed by atoms with Gasteiger partial charge in [-0.1, -0.05) is 39.2 Å². The van der Waals surface area contributed by atoms with Crippen LogP contribution in [-0.2, 0) is 14.3 Å². The Bertz CT molecular complexity index is 815. The molecule has 0 bridgehead atoms. The maximum absolute atomic E-state index is 12.7. The van der Waals surface area contributed by atoms with Crippen LogP contribution in [0.4, 0.5) is 0 Å². The van der Waals surface area contributed by atoms with E-state index in [9.17, 15) is 14.7 Å². The number of cyclic esters (lactones) is 1. The molecule has 176 valence electrons. The highest BCUT2D eigenvalue weighted by Gasteiger charge is 2.39. The molecule has 4 unspecified atom stereocenters. The molecule has 5 heteroatoms. The summed E-state index contributed by atoms with van der Waals surface area (Å²) in [4.78, 5) is 29.8. The Morgan fingerprint density at radius 1 is 1.09 bits per heavy atom. The van der Waals surface area contributed by atoms with Crippen LogP contribution in [0.3, 0.4) is 0 Å². The van der Waals surface area contributed by atoms with Crippen molar-refractivity contribution in [2.75, 3.05) is 0 Å². The van der Waals surface area contributed by atoms with Crippen LogP contribution in [-0.4, -0.2) is 34.1 Å². The predicted molar refractivity (Wildman–Crippen MR) is 126 cm³/mol. The van der Waals surface area contributed by atoms with E-state index >= 15 is 0 Å². The van der Waals surface area contributed by atoms with E-state index in [0.717, 1.165) is 42.5 Å². The molecule has 0 radical (unpaired) electrons. The highest BCUT2D eigenvalue weighted by molar-refractivity contribution is 5.83. The number of ketones is 1. The summed E-state index contributed by atoms with van der Waals surface area (Å²) in [5.74, 6) is 0.391. The molecule has 0 amide bonds. The zero-order valence-electron chi connectivity index (χ0n) is 20.0. The molecule has 1 N–H and O–H groups in total. The third kappa shape index (κ3) is 6.99. The van der Waals surface area contributed by atoms with Crippen molar-refractivity contribution < 1.29 is 19.4 Å². The summed E-state index contributed by atoms with van der Waals surface area (Å²) in [6.07, 6.45) is 9.55. The first-order valence-electron chi connectivity index (χ1n) is 12.3. The minimum atomic E-state index is -0.590. The molecule has 1 aliphatic heterocycles. The van der Waals surface area contributed by atoms with Crippen LogP contribution < -0.4 is 0 Å². The number of pyridine rings is 1. The van der Waals surface area contributed by atoms with Gasteiger partial charge in [0.2, 0.25) is 0 Å². The van der Waals surface area contributed by atoms with Gasteiger partial charge in [-0.15, -0.1) is 0 Å². The number of nitrogens with zero attached hydrogens (tertiary/aromatic N) is 1. The van der Waals surface area contributed by atoms with Crippen molar-refractivity contribution in [3.63, 3.8) is 0 Å². The minimum absolute atomic E-state index is 0.0396. The van der Waals surface area contributed by atoms with Crippen molar-refractivity contribution in [1.82, 2.24) is 4.98 Å². The number of esters is 1. The van der Waals surface area contributed by atoms with E-state index in [2.05, 4.69) is 4.98 Å². The minimum Gasteiger partial charge on any atom is -0.458 e. The number of ether oxygens (including phenoxy) is 1. The van der Waals surface area contributed by atoms with Crippen LogP contribution in [0.25, 0.3) is 6.08 Å². The Balaban J connectivity index is 1.71. The van der Waals surface area contributed by atoms with Crippen molar-refractivity contribution in [1.29, 1.82) is 0 Å². The number of carbonyl (C=O) groups excluding carboxylic acids is 2. The molecular formula is C27H39NO4. The van der Waals surface area contributed by atoms with Crippen LogP contribution in [0.1, 0.15) is 83.4 Å². The van der Waals surface area contributed by atoms with Gasteiger partial charge in [-0.25, -0.2) is 0 Å². The van der Waals surface area contributed by atoms with E-state index in [1.54, 1.807) is 0 Å². The first-order valence-corrected chi connectivity index (χ1v) is 12.3. The van der Waals surface area contributed by atoms with Crippen LogP contribution in [0.5, 0.6) is 0 Å². The van der Waals surface area contributed by atoms with E-state index in [1.165, 1.54) is 6.42 Å². The summed E-state index contributed by atoms with van der Waals surface area (Å²) in [6, 6.07) is 4.02. The van der Waals surface area contributed by atoms with E-state index in [4.69, 9.17) is 4.74 Å². The van der Waals surface area contributed by atoms with Gasteiger partial charge in [-0.3, -0.25) is 14.6 Å². The number of carbonyl (C=O) groups is 2. The fraction of sp³-hybridized carbons (Fsp3) is 0.667. The maximum Gasteiger partial charge on any atom is 0.306 e. The average molecular weight is 442 g/mol. The Morgan fingerprint density at radius 2 is 1.84 bits per heavy atom.